The Bertz CT molecular complexity index is 920. The fourth-order valence-corrected chi connectivity index (χ4v) is 2.32. The van der Waals surface area contributed by atoms with Crippen LogP contribution in [0.5, 0.6) is 0 Å². The number of ether oxygens (including phenoxy) is 2. The van der Waals surface area contributed by atoms with Crippen molar-refractivity contribution in [3.63, 3.8) is 0 Å². The van der Waals surface area contributed by atoms with E-state index >= 15 is 0 Å². The van der Waals surface area contributed by atoms with Gasteiger partial charge in [0.15, 0.2) is 6.61 Å². The lowest BCUT2D eigenvalue weighted by Gasteiger charge is -2.19. The van der Waals surface area contributed by atoms with Crippen molar-refractivity contribution in [3.05, 3.63) is 65.0 Å². The Kier molecular flexibility index (Phi) is 7.52. The van der Waals surface area contributed by atoms with Gasteiger partial charge in [-0.1, -0.05) is 12.1 Å². The molecule has 8 heteroatoms. The minimum absolute atomic E-state index is 0.124. The van der Waals surface area contributed by atoms with Crippen LogP contribution in [0, 0.1) is 12.7 Å². The molecule has 0 atom stereocenters. The van der Waals surface area contributed by atoms with Gasteiger partial charge >= 0.3 is 12.1 Å². The van der Waals surface area contributed by atoms with Crippen LogP contribution < -0.4 is 10.6 Å². The fourth-order valence-electron chi connectivity index (χ4n) is 2.32. The van der Waals surface area contributed by atoms with Gasteiger partial charge in [-0.25, -0.2) is 14.0 Å². The maximum Gasteiger partial charge on any atom is 0.412 e. The summed E-state index contributed by atoms with van der Waals surface area (Å²) in [5.74, 6) is -1.54. The van der Waals surface area contributed by atoms with Crippen molar-refractivity contribution in [1.82, 2.24) is 5.32 Å². The van der Waals surface area contributed by atoms with Crippen molar-refractivity contribution in [2.75, 3.05) is 11.9 Å². The number of amides is 2. The number of nitrogens with one attached hydrogen (secondary N) is 2. The third kappa shape index (κ3) is 7.54. The maximum absolute atomic E-state index is 13.5. The van der Waals surface area contributed by atoms with Crippen molar-refractivity contribution < 1.29 is 28.2 Å². The smallest absolute Gasteiger partial charge is 0.412 e. The summed E-state index contributed by atoms with van der Waals surface area (Å²) in [6.07, 6.45) is -0.608. The number of hydrogen-bond donors (Lipinski definition) is 2. The van der Waals surface area contributed by atoms with E-state index < -0.39 is 30.2 Å². The predicted molar refractivity (Wildman–Crippen MR) is 110 cm³/mol. The summed E-state index contributed by atoms with van der Waals surface area (Å²) in [5.41, 5.74) is 1.17. The zero-order chi connectivity index (χ0) is 22.3. The minimum atomic E-state index is -0.685. The van der Waals surface area contributed by atoms with Crippen LogP contribution in [-0.2, 0) is 20.8 Å². The van der Waals surface area contributed by atoms with E-state index in [0.29, 0.717) is 16.8 Å². The van der Waals surface area contributed by atoms with Crippen molar-refractivity contribution >= 4 is 23.7 Å². The summed E-state index contributed by atoms with van der Waals surface area (Å²) >= 11 is 0. The average molecular weight is 416 g/mol. The molecular formula is C22H25FN2O5. The van der Waals surface area contributed by atoms with Gasteiger partial charge in [-0.15, -0.1) is 0 Å². The topological polar surface area (TPSA) is 93.7 Å². The number of benzene rings is 2. The van der Waals surface area contributed by atoms with Crippen molar-refractivity contribution in [2.45, 2.75) is 39.8 Å². The monoisotopic (exact) mass is 416 g/mol. The number of carbonyl (C=O) groups excluding carboxylic acids is 3. The quantitative estimate of drug-likeness (QED) is 0.696. The number of halogens is 1. The second kappa shape index (κ2) is 9.87. The molecule has 0 heterocycles. The lowest BCUT2D eigenvalue weighted by Crippen LogP contribution is -2.28. The molecule has 30 heavy (non-hydrogen) atoms. The fraction of sp³-hybridized carbons (Fsp3) is 0.318. The number of carbonyl (C=O) groups is 3. The van der Waals surface area contributed by atoms with E-state index in [0.717, 1.165) is 0 Å². The minimum Gasteiger partial charge on any atom is -0.452 e. The average Bonchev–Trinajstić information content (AvgIpc) is 2.66. The van der Waals surface area contributed by atoms with Crippen LogP contribution in [0.4, 0.5) is 14.9 Å². The Labute approximate surface area is 174 Å². The number of esters is 1. The first-order valence-corrected chi connectivity index (χ1v) is 9.32. The van der Waals surface area contributed by atoms with Gasteiger partial charge in [0.1, 0.15) is 11.4 Å². The van der Waals surface area contributed by atoms with E-state index in [1.165, 1.54) is 30.3 Å². The highest BCUT2D eigenvalue weighted by Crippen LogP contribution is 2.14. The summed E-state index contributed by atoms with van der Waals surface area (Å²) < 4.78 is 23.6. The molecule has 0 aliphatic heterocycles. The molecule has 2 amide bonds. The summed E-state index contributed by atoms with van der Waals surface area (Å²) in [7, 11) is 0. The van der Waals surface area contributed by atoms with Gasteiger partial charge in [0, 0.05) is 12.2 Å². The molecule has 0 unspecified atom stereocenters. The summed E-state index contributed by atoms with van der Waals surface area (Å²) in [6, 6.07) is 10.6. The van der Waals surface area contributed by atoms with Crippen LogP contribution in [0.15, 0.2) is 42.5 Å². The van der Waals surface area contributed by atoms with Crippen molar-refractivity contribution in [3.8, 4) is 0 Å². The Balaban J connectivity index is 1.79. The highest BCUT2D eigenvalue weighted by molar-refractivity contribution is 5.92. The first-order valence-electron chi connectivity index (χ1n) is 9.32. The summed E-state index contributed by atoms with van der Waals surface area (Å²) in [4.78, 5) is 35.6. The van der Waals surface area contributed by atoms with E-state index in [-0.39, 0.29) is 17.9 Å². The molecule has 0 aromatic heterocycles. The van der Waals surface area contributed by atoms with E-state index in [9.17, 15) is 18.8 Å². The van der Waals surface area contributed by atoms with E-state index in [4.69, 9.17) is 9.47 Å². The second-order valence-electron chi connectivity index (χ2n) is 7.64. The maximum atomic E-state index is 13.5. The third-order valence-electron chi connectivity index (χ3n) is 3.83. The number of aryl methyl sites for hydroxylation is 1. The molecule has 0 aliphatic carbocycles. The van der Waals surface area contributed by atoms with Crippen LogP contribution in [-0.4, -0.2) is 30.2 Å². The normalized spacial score (nSPS) is 10.8. The molecule has 160 valence electrons. The molecule has 0 fully saturated rings. The van der Waals surface area contributed by atoms with E-state index in [1.807, 2.05) is 0 Å². The first kappa shape index (κ1) is 22.9. The van der Waals surface area contributed by atoms with Gasteiger partial charge in [-0.3, -0.25) is 10.1 Å². The van der Waals surface area contributed by atoms with Gasteiger partial charge in [0.25, 0.3) is 5.91 Å². The largest absolute Gasteiger partial charge is 0.452 e. The molecule has 2 aromatic rings. The first-order chi connectivity index (χ1) is 14.0. The molecule has 2 rings (SSSR count). The predicted octanol–water partition coefficient (Wildman–Crippen LogP) is 3.95. The molecule has 0 radical (unpaired) electrons. The molecule has 0 spiro atoms. The SMILES string of the molecule is Cc1ccc(CNC(=O)COC(=O)c2ccc(NC(=O)OC(C)(C)C)cc2)cc1F. The molecule has 0 bridgehead atoms. The third-order valence-corrected chi connectivity index (χ3v) is 3.83. The van der Waals surface area contributed by atoms with Crippen LogP contribution in [0.25, 0.3) is 0 Å². The number of anilines is 1. The summed E-state index contributed by atoms with van der Waals surface area (Å²) in [6.45, 7) is 6.56. The summed E-state index contributed by atoms with van der Waals surface area (Å²) in [5, 5.41) is 5.11. The Morgan fingerprint density at radius 3 is 2.30 bits per heavy atom. The van der Waals surface area contributed by atoms with Crippen molar-refractivity contribution in [1.29, 1.82) is 0 Å². The highest BCUT2D eigenvalue weighted by atomic mass is 19.1. The van der Waals surface area contributed by atoms with Crippen molar-refractivity contribution in [2.24, 2.45) is 0 Å². The molecule has 7 nitrogen and oxygen atoms in total. The molecular weight excluding hydrogens is 391 g/mol. The van der Waals surface area contributed by atoms with Gasteiger partial charge in [-0.2, -0.15) is 0 Å². The van der Waals surface area contributed by atoms with Gasteiger partial charge in [-0.05, 0) is 69.2 Å². The molecule has 0 aliphatic rings. The Morgan fingerprint density at radius 2 is 1.70 bits per heavy atom. The van der Waals surface area contributed by atoms with Gasteiger partial charge in [0.2, 0.25) is 0 Å². The van der Waals surface area contributed by atoms with Crippen LogP contribution in [0.3, 0.4) is 0 Å². The number of rotatable bonds is 6. The van der Waals surface area contributed by atoms with Crippen LogP contribution in [0.1, 0.15) is 42.3 Å². The Morgan fingerprint density at radius 1 is 1.03 bits per heavy atom. The van der Waals surface area contributed by atoms with Crippen LogP contribution >= 0.6 is 0 Å². The van der Waals surface area contributed by atoms with Gasteiger partial charge in [0.05, 0.1) is 5.56 Å². The second-order valence-corrected chi connectivity index (χ2v) is 7.64. The number of hydrogen-bond acceptors (Lipinski definition) is 5. The van der Waals surface area contributed by atoms with E-state index in [1.54, 1.807) is 39.8 Å². The zero-order valence-electron chi connectivity index (χ0n) is 17.4. The zero-order valence-corrected chi connectivity index (χ0v) is 17.4. The molecule has 0 saturated carbocycles. The molecule has 2 N–H and O–H groups in total. The molecule has 2 aromatic carbocycles. The lowest BCUT2D eigenvalue weighted by molar-refractivity contribution is -0.124. The van der Waals surface area contributed by atoms with Crippen LogP contribution in [0.2, 0.25) is 0 Å². The molecule has 0 saturated heterocycles. The van der Waals surface area contributed by atoms with E-state index in [2.05, 4.69) is 10.6 Å². The lowest BCUT2D eigenvalue weighted by atomic mass is 10.1. The standard InChI is InChI=1S/C22H25FN2O5/c1-14-5-6-15(11-18(14)23)12-24-19(26)13-29-20(27)16-7-9-17(10-8-16)25-21(28)30-22(2,3)4/h5-11H,12-13H2,1-4H3,(H,24,26)(H,25,28). The Hall–Kier alpha value is -3.42. The highest BCUT2D eigenvalue weighted by Gasteiger charge is 2.16. The van der Waals surface area contributed by atoms with Gasteiger partial charge < -0.3 is 14.8 Å².